The molecule has 0 heterocycles. The zero-order valence-electron chi connectivity index (χ0n) is 16.5. The molecule has 0 atom stereocenters. The molecule has 0 aliphatic carbocycles. The van der Waals surface area contributed by atoms with Crippen molar-refractivity contribution in [2.45, 2.75) is 25.3 Å². The molecule has 27 heavy (non-hydrogen) atoms. The van der Waals surface area contributed by atoms with Crippen LogP contribution in [-0.2, 0) is 21.4 Å². The van der Waals surface area contributed by atoms with E-state index in [2.05, 4.69) is 37.4 Å². The smallest absolute Gasteiger partial charge is 0.242 e. The Kier molecular flexibility index (Phi) is 6.75. The number of anilines is 1. The van der Waals surface area contributed by atoms with Crippen LogP contribution in [0.5, 0.6) is 0 Å². The molecule has 0 unspecified atom stereocenters. The van der Waals surface area contributed by atoms with Gasteiger partial charge in [-0.2, -0.15) is 0 Å². The standard InChI is InChI=1S/C20H27N3O3S/c1-15-9-10-17(16(2)11-15)13-23(5)14-20(24)21-18-7-6-8-19(12-18)27(25,26)22(3)4/h6-12H,13-14H2,1-5H3,(H,21,24). The monoisotopic (exact) mass is 389 g/mol. The van der Waals surface area contributed by atoms with Crippen LogP contribution in [0, 0.1) is 13.8 Å². The van der Waals surface area contributed by atoms with Crippen molar-refractivity contribution in [3.05, 3.63) is 59.2 Å². The molecule has 0 saturated carbocycles. The molecule has 1 amide bonds. The predicted molar refractivity (Wildman–Crippen MR) is 108 cm³/mol. The van der Waals surface area contributed by atoms with Gasteiger partial charge in [0, 0.05) is 26.3 Å². The average molecular weight is 390 g/mol. The number of nitrogens with one attached hydrogen (secondary N) is 1. The lowest BCUT2D eigenvalue weighted by molar-refractivity contribution is -0.117. The number of benzene rings is 2. The zero-order chi connectivity index (χ0) is 20.2. The van der Waals surface area contributed by atoms with E-state index in [1.807, 2.05) is 11.9 Å². The van der Waals surface area contributed by atoms with Crippen molar-refractivity contribution in [3.63, 3.8) is 0 Å². The van der Waals surface area contributed by atoms with Crippen LogP contribution >= 0.6 is 0 Å². The highest BCUT2D eigenvalue weighted by Gasteiger charge is 2.18. The normalized spacial score (nSPS) is 11.8. The minimum atomic E-state index is -3.54. The number of carbonyl (C=O) groups excluding carboxylic acids is 1. The lowest BCUT2D eigenvalue weighted by Gasteiger charge is -2.18. The molecule has 0 aliphatic heterocycles. The maximum absolute atomic E-state index is 12.3. The summed E-state index contributed by atoms with van der Waals surface area (Å²) in [5.41, 5.74) is 4.05. The van der Waals surface area contributed by atoms with Crippen molar-refractivity contribution < 1.29 is 13.2 Å². The Morgan fingerprint density at radius 3 is 2.37 bits per heavy atom. The molecule has 0 fully saturated rings. The van der Waals surface area contributed by atoms with Gasteiger partial charge in [0.1, 0.15) is 0 Å². The van der Waals surface area contributed by atoms with Crippen LogP contribution in [0.1, 0.15) is 16.7 Å². The summed E-state index contributed by atoms with van der Waals surface area (Å²) in [4.78, 5) is 14.4. The third-order valence-electron chi connectivity index (χ3n) is 4.25. The molecule has 146 valence electrons. The summed E-state index contributed by atoms with van der Waals surface area (Å²) in [6, 6.07) is 12.5. The maximum Gasteiger partial charge on any atom is 0.242 e. The molecular weight excluding hydrogens is 362 g/mol. The van der Waals surface area contributed by atoms with Crippen molar-refractivity contribution in [1.82, 2.24) is 9.21 Å². The number of hydrogen-bond acceptors (Lipinski definition) is 4. The highest BCUT2D eigenvalue weighted by molar-refractivity contribution is 7.89. The summed E-state index contributed by atoms with van der Waals surface area (Å²) in [6.07, 6.45) is 0. The number of amides is 1. The SMILES string of the molecule is Cc1ccc(CN(C)CC(=O)Nc2cccc(S(=O)(=O)N(C)C)c2)c(C)c1. The number of rotatable bonds is 7. The van der Waals surface area contributed by atoms with E-state index in [1.165, 1.54) is 42.9 Å². The van der Waals surface area contributed by atoms with Crippen molar-refractivity contribution >= 4 is 21.6 Å². The zero-order valence-corrected chi connectivity index (χ0v) is 17.3. The van der Waals surface area contributed by atoms with Crippen LogP contribution < -0.4 is 5.32 Å². The van der Waals surface area contributed by atoms with Gasteiger partial charge in [-0.1, -0.05) is 29.8 Å². The minimum absolute atomic E-state index is 0.147. The quantitative estimate of drug-likeness (QED) is 0.790. The number of hydrogen-bond donors (Lipinski definition) is 1. The minimum Gasteiger partial charge on any atom is -0.325 e. The van der Waals surface area contributed by atoms with Gasteiger partial charge in [0.2, 0.25) is 15.9 Å². The fourth-order valence-corrected chi connectivity index (χ4v) is 3.71. The molecule has 6 nitrogen and oxygen atoms in total. The summed E-state index contributed by atoms with van der Waals surface area (Å²) in [5.74, 6) is -0.193. The molecule has 0 aromatic heterocycles. The van der Waals surface area contributed by atoms with E-state index >= 15 is 0 Å². The maximum atomic E-state index is 12.3. The van der Waals surface area contributed by atoms with Crippen LogP contribution in [0.3, 0.4) is 0 Å². The van der Waals surface area contributed by atoms with E-state index in [1.54, 1.807) is 12.1 Å². The second-order valence-corrected chi connectivity index (χ2v) is 9.12. The summed E-state index contributed by atoms with van der Waals surface area (Å²) >= 11 is 0. The van der Waals surface area contributed by atoms with Crippen LogP contribution in [0.15, 0.2) is 47.4 Å². The molecule has 0 saturated heterocycles. The van der Waals surface area contributed by atoms with Gasteiger partial charge >= 0.3 is 0 Å². The fraction of sp³-hybridized carbons (Fsp3) is 0.350. The van der Waals surface area contributed by atoms with Crippen molar-refractivity contribution in [2.24, 2.45) is 0 Å². The molecular formula is C20H27N3O3S. The number of nitrogens with zero attached hydrogens (tertiary/aromatic N) is 2. The van der Waals surface area contributed by atoms with Gasteiger partial charge in [-0.25, -0.2) is 12.7 Å². The number of carbonyl (C=O) groups is 1. The third kappa shape index (κ3) is 5.63. The van der Waals surface area contributed by atoms with Gasteiger partial charge in [-0.05, 0) is 50.2 Å². The highest BCUT2D eigenvalue weighted by atomic mass is 32.2. The molecule has 0 aliphatic rings. The molecule has 0 spiro atoms. The molecule has 1 N–H and O–H groups in total. The van der Waals surface area contributed by atoms with Gasteiger partial charge in [-0.3, -0.25) is 9.69 Å². The lowest BCUT2D eigenvalue weighted by Crippen LogP contribution is -2.30. The molecule has 2 aromatic rings. The van der Waals surface area contributed by atoms with Gasteiger partial charge in [0.25, 0.3) is 0 Å². The Morgan fingerprint density at radius 2 is 1.74 bits per heavy atom. The van der Waals surface area contributed by atoms with E-state index in [0.717, 1.165) is 4.31 Å². The van der Waals surface area contributed by atoms with Crippen molar-refractivity contribution in [1.29, 1.82) is 0 Å². The van der Waals surface area contributed by atoms with E-state index < -0.39 is 10.0 Å². The highest BCUT2D eigenvalue weighted by Crippen LogP contribution is 2.18. The summed E-state index contributed by atoms with van der Waals surface area (Å²) in [5, 5.41) is 2.77. The largest absolute Gasteiger partial charge is 0.325 e. The Bertz CT molecular complexity index is 924. The Balaban J connectivity index is 2.01. The fourth-order valence-electron chi connectivity index (χ4n) is 2.76. The first kappa shape index (κ1) is 21.1. The van der Waals surface area contributed by atoms with Gasteiger partial charge in [0.15, 0.2) is 0 Å². The van der Waals surface area contributed by atoms with E-state index in [0.29, 0.717) is 12.2 Å². The first-order valence-corrected chi connectivity index (χ1v) is 10.1. The average Bonchev–Trinajstić information content (AvgIpc) is 2.57. The molecule has 7 heteroatoms. The molecule has 0 bridgehead atoms. The molecule has 2 rings (SSSR count). The summed E-state index contributed by atoms with van der Waals surface area (Å²) < 4.78 is 25.6. The van der Waals surface area contributed by atoms with Crippen LogP contribution in [-0.4, -0.2) is 51.2 Å². The van der Waals surface area contributed by atoms with E-state index in [4.69, 9.17) is 0 Å². The summed E-state index contributed by atoms with van der Waals surface area (Å²) in [6.45, 7) is 4.98. The van der Waals surface area contributed by atoms with E-state index in [-0.39, 0.29) is 17.3 Å². The van der Waals surface area contributed by atoms with Gasteiger partial charge in [-0.15, -0.1) is 0 Å². The number of likely N-dealkylation sites (N-methyl/N-ethyl adjacent to an activating group) is 1. The van der Waals surface area contributed by atoms with Crippen molar-refractivity contribution in [2.75, 3.05) is 33.0 Å². The van der Waals surface area contributed by atoms with Crippen LogP contribution in [0.25, 0.3) is 0 Å². The third-order valence-corrected chi connectivity index (χ3v) is 6.06. The first-order valence-electron chi connectivity index (χ1n) is 8.66. The van der Waals surface area contributed by atoms with Crippen molar-refractivity contribution in [3.8, 4) is 0 Å². The number of aryl methyl sites for hydroxylation is 2. The summed E-state index contributed by atoms with van der Waals surface area (Å²) in [7, 11) is 1.29. The second kappa shape index (κ2) is 8.65. The molecule has 0 radical (unpaired) electrons. The van der Waals surface area contributed by atoms with Gasteiger partial charge < -0.3 is 5.32 Å². The first-order chi connectivity index (χ1) is 12.6. The Morgan fingerprint density at radius 1 is 1.04 bits per heavy atom. The topological polar surface area (TPSA) is 69.7 Å². The molecule has 2 aromatic carbocycles. The predicted octanol–water partition coefficient (Wildman–Crippen LogP) is 2.62. The van der Waals surface area contributed by atoms with Crippen LogP contribution in [0.2, 0.25) is 0 Å². The Labute approximate surface area is 161 Å². The van der Waals surface area contributed by atoms with Gasteiger partial charge in [0.05, 0.1) is 11.4 Å². The number of sulfonamides is 1. The van der Waals surface area contributed by atoms with E-state index in [9.17, 15) is 13.2 Å². The second-order valence-electron chi connectivity index (χ2n) is 6.97. The van der Waals surface area contributed by atoms with Crippen LogP contribution in [0.4, 0.5) is 5.69 Å². The lowest BCUT2D eigenvalue weighted by atomic mass is 10.1. The Hall–Kier alpha value is -2.22.